The van der Waals surface area contributed by atoms with Gasteiger partial charge in [0.1, 0.15) is 11.5 Å². The molecule has 5 rings (SSSR count). The zero-order valence-electron chi connectivity index (χ0n) is 17.4. The van der Waals surface area contributed by atoms with Gasteiger partial charge >= 0.3 is 11.8 Å². The Labute approximate surface area is 182 Å². The van der Waals surface area contributed by atoms with Crippen LogP contribution in [0, 0.1) is 0 Å². The summed E-state index contributed by atoms with van der Waals surface area (Å²) in [4.78, 5) is 0. The van der Waals surface area contributed by atoms with E-state index in [1.165, 1.54) is 5.57 Å². The molecule has 4 aromatic rings. The summed E-state index contributed by atoms with van der Waals surface area (Å²) in [5, 5.41) is 1.11. The monoisotopic (exact) mass is 403 g/mol. The minimum Gasteiger partial charge on any atom is -0.456 e. The molecule has 0 atom stereocenters. The van der Waals surface area contributed by atoms with Crippen molar-refractivity contribution in [2.75, 3.05) is 0 Å². The van der Waals surface area contributed by atoms with Crippen LogP contribution in [-0.2, 0) is 0 Å². The zero-order chi connectivity index (χ0) is 21.0. The zero-order valence-corrected chi connectivity index (χ0v) is 17.4. The normalized spacial score (nSPS) is 14.8. The lowest BCUT2D eigenvalue weighted by molar-refractivity contribution is 0.509. The SMILES string of the molecule is CCC(=C/c1cc[o+]c2ccccc12)/C=C1\C=C(c2ccccc2)Oc2ccccc21. The van der Waals surface area contributed by atoms with Crippen molar-refractivity contribution < 1.29 is 9.15 Å². The number of hydrogen-bond donors (Lipinski definition) is 0. The molecule has 1 aliphatic heterocycles. The first-order chi connectivity index (χ1) is 15.3. The summed E-state index contributed by atoms with van der Waals surface area (Å²) >= 11 is 0. The van der Waals surface area contributed by atoms with Crippen LogP contribution in [0.5, 0.6) is 5.75 Å². The van der Waals surface area contributed by atoms with E-state index in [0.29, 0.717) is 0 Å². The van der Waals surface area contributed by atoms with Gasteiger partial charge in [0.2, 0.25) is 0 Å². The number of allylic oxidation sites excluding steroid dienone is 4. The Bertz CT molecular complexity index is 1320. The number of fused-ring (bicyclic) bond motifs is 2. The van der Waals surface area contributed by atoms with E-state index in [9.17, 15) is 0 Å². The lowest BCUT2D eigenvalue weighted by Crippen LogP contribution is -2.03. The van der Waals surface area contributed by atoms with Gasteiger partial charge < -0.3 is 4.74 Å². The molecule has 0 spiro atoms. The molecule has 1 aromatic heterocycles. The molecule has 0 N–H and O–H groups in total. The van der Waals surface area contributed by atoms with Crippen molar-refractivity contribution in [2.24, 2.45) is 0 Å². The van der Waals surface area contributed by atoms with Crippen molar-refractivity contribution in [3.8, 4) is 5.75 Å². The number of benzene rings is 3. The van der Waals surface area contributed by atoms with Crippen LogP contribution in [0.4, 0.5) is 0 Å². The molecule has 0 unspecified atom stereocenters. The van der Waals surface area contributed by atoms with Crippen LogP contribution in [0.15, 0.2) is 113 Å². The number of para-hydroxylation sites is 2. The average molecular weight is 404 g/mol. The Morgan fingerprint density at radius 3 is 2.52 bits per heavy atom. The van der Waals surface area contributed by atoms with Crippen LogP contribution in [0.25, 0.3) is 28.4 Å². The minimum absolute atomic E-state index is 0.866. The van der Waals surface area contributed by atoms with Crippen LogP contribution in [0.2, 0.25) is 0 Å². The van der Waals surface area contributed by atoms with Crippen molar-refractivity contribution in [1.82, 2.24) is 0 Å². The summed E-state index contributed by atoms with van der Waals surface area (Å²) in [5.74, 6) is 1.75. The Kier molecular flexibility index (Phi) is 5.20. The molecular formula is C29H23O2+. The molecule has 150 valence electrons. The third-order valence-electron chi connectivity index (χ3n) is 5.49. The summed E-state index contributed by atoms with van der Waals surface area (Å²) in [5.41, 5.74) is 6.62. The van der Waals surface area contributed by atoms with Gasteiger partial charge in [-0.1, -0.05) is 79.7 Å². The fraction of sp³-hybridized carbons (Fsp3) is 0.0690. The smallest absolute Gasteiger partial charge is 0.360 e. The van der Waals surface area contributed by atoms with E-state index in [1.54, 1.807) is 6.26 Å². The highest BCUT2D eigenvalue weighted by Crippen LogP contribution is 2.37. The number of rotatable bonds is 4. The Balaban J connectivity index is 1.63. The van der Waals surface area contributed by atoms with E-state index >= 15 is 0 Å². The van der Waals surface area contributed by atoms with Crippen molar-refractivity contribution in [3.05, 3.63) is 126 Å². The Morgan fingerprint density at radius 2 is 1.65 bits per heavy atom. The van der Waals surface area contributed by atoms with E-state index in [4.69, 9.17) is 9.15 Å². The predicted octanol–water partition coefficient (Wildman–Crippen LogP) is 8.02. The molecule has 0 saturated carbocycles. The van der Waals surface area contributed by atoms with Crippen LogP contribution in [-0.4, -0.2) is 0 Å². The van der Waals surface area contributed by atoms with Crippen molar-refractivity contribution in [2.45, 2.75) is 13.3 Å². The molecule has 2 heteroatoms. The molecule has 3 aromatic carbocycles. The molecule has 0 amide bonds. The molecular weight excluding hydrogens is 380 g/mol. The van der Waals surface area contributed by atoms with E-state index in [1.807, 2.05) is 54.6 Å². The fourth-order valence-corrected chi connectivity index (χ4v) is 3.87. The summed E-state index contributed by atoms with van der Waals surface area (Å²) in [6.07, 6.45) is 9.33. The van der Waals surface area contributed by atoms with E-state index < -0.39 is 0 Å². The molecule has 1 aliphatic rings. The quantitative estimate of drug-likeness (QED) is 0.322. The van der Waals surface area contributed by atoms with Gasteiger partial charge in [0.15, 0.2) is 0 Å². The van der Waals surface area contributed by atoms with Gasteiger partial charge in [-0.05, 0) is 35.8 Å². The van der Waals surface area contributed by atoms with Crippen molar-refractivity contribution >= 4 is 28.4 Å². The highest BCUT2D eigenvalue weighted by atomic mass is 16.5. The number of hydrogen-bond acceptors (Lipinski definition) is 1. The van der Waals surface area contributed by atoms with Gasteiger partial charge in [-0.15, -0.1) is 0 Å². The second-order valence-corrected chi connectivity index (χ2v) is 7.52. The highest BCUT2D eigenvalue weighted by molar-refractivity contribution is 5.91. The Morgan fingerprint density at radius 1 is 0.871 bits per heavy atom. The van der Waals surface area contributed by atoms with Crippen LogP contribution >= 0.6 is 0 Å². The van der Waals surface area contributed by atoms with Gasteiger partial charge in [-0.25, -0.2) is 4.42 Å². The maximum Gasteiger partial charge on any atom is 0.360 e. The third-order valence-corrected chi connectivity index (χ3v) is 5.49. The molecule has 0 saturated heterocycles. The second kappa shape index (κ2) is 8.45. The fourth-order valence-electron chi connectivity index (χ4n) is 3.87. The van der Waals surface area contributed by atoms with Crippen LogP contribution in [0.3, 0.4) is 0 Å². The molecule has 0 aliphatic carbocycles. The van der Waals surface area contributed by atoms with E-state index in [0.717, 1.165) is 51.2 Å². The van der Waals surface area contributed by atoms with Crippen molar-refractivity contribution in [1.29, 1.82) is 0 Å². The summed E-state index contributed by atoms with van der Waals surface area (Å²) in [6, 6.07) is 28.6. The maximum absolute atomic E-state index is 6.23. The second-order valence-electron chi connectivity index (χ2n) is 7.52. The Hall–Kier alpha value is -3.91. The molecule has 0 bridgehead atoms. The van der Waals surface area contributed by atoms with Gasteiger partial charge in [-0.2, -0.15) is 0 Å². The van der Waals surface area contributed by atoms with Gasteiger partial charge in [0, 0.05) is 28.8 Å². The standard InChI is InChI=1S/C29H23O2/c1-2-21(18-23-16-17-30-27-14-8-6-12-25(23)27)19-24-20-29(22-10-4-3-5-11-22)31-28-15-9-7-13-26(24)28/h3-20H,2H2,1H3/q+1. The third kappa shape index (κ3) is 3.93. The van der Waals surface area contributed by atoms with Gasteiger partial charge in [0.05, 0.1) is 5.39 Å². The summed E-state index contributed by atoms with van der Waals surface area (Å²) in [6.45, 7) is 2.19. The molecule has 2 heterocycles. The topological polar surface area (TPSA) is 20.5 Å². The van der Waals surface area contributed by atoms with Crippen LogP contribution < -0.4 is 4.74 Å². The number of ether oxygens (including phenoxy) is 1. The molecule has 0 fully saturated rings. The molecule has 31 heavy (non-hydrogen) atoms. The minimum atomic E-state index is 0.866. The first-order valence-electron chi connectivity index (χ1n) is 10.6. The first kappa shape index (κ1) is 19.1. The first-order valence-corrected chi connectivity index (χ1v) is 10.6. The predicted molar refractivity (Wildman–Crippen MR) is 128 cm³/mol. The lowest BCUT2D eigenvalue weighted by Gasteiger charge is -2.21. The molecule has 0 radical (unpaired) electrons. The maximum atomic E-state index is 6.23. The average Bonchev–Trinajstić information content (AvgIpc) is 2.84. The van der Waals surface area contributed by atoms with Gasteiger partial charge in [-0.3, -0.25) is 0 Å². The van der Waals surface area contributed by atoms with E-state index in [-0.39, 0.29) is 0 Å². The van der Waals surface area contributed by atoms with E-state index in [2.05, 4.69) is 55.5 Å². The largest absolute Gasteiger partial charge is 0.456 e. The van der Waals surface area contributed by atoms with Crippen molar-refractivity contribution in [3.63, 3.8) is 0 Å². The lowest BCUT2D eigenvalue weighted by atomic mass is 9.96. The highest BCUT2D eigenvalue weighted by Gasteiger charge is 2.18. The van der Waals surface area contributed by atoms with Crippen LogP contribution in [0.1, 0.15) is 30.0 Å². The summed E-state index contributed by atoms with van der Waals surface area (Å²) < 4.78 is 11.9. The van der Waals surface area contributed by atoms with Gasteiger partial charge in [0.25, 0.3) is 0 Å². The summed E-state index contributed by atoms with van der Waals surface area (Å²) in [7, 11) is 0. The molecule has 2 nitrogen and oxygen atoms in total.